The SMILES string of the molecule is O=C(O)COC(c1ccccc1)c1nccs1. The van der Waals surface area contributed by atoms with Crippen LogP contribution >= 0.6 is 11.3 Å². The van der Waals surface area contributed by atoms with E-state index in [1.807, 2.05) is 35.7 Å². The fourth-order valence-electron chi connectivity index (χ4n) is 1.46. The minimum Gasteiger partial charge on any atom is -0.480 e. The highest BCUT2D eigenvalue weighted by molar-refractivity contribution is 7.09. The van der Waals surface area contributed by atoms with Gasteiger partial charge in [-0.2, -0.15) is 0 Å². The lowest BCUT2D eigenvalue weighted by Crippen LogP contribution is -2.13. The average molecular weight is 249 g/mol. The molecule has 0 amide bonds. The first-order chi connectivity index (χ1) is 8.27. The normalized spacial score (nSPS) is 12.2. The Morgan fingerprint density at radius 2 is 2.18 bits per heavy atom. The standard InChI is InChI=1S/C12H11NO3S/c14-10(15)8-16-11(12-13-6-7-17-12)9-4-2-1-3-5-9/h1-7,11H,8H2,(H,14,15). The van der Waals surface area contributed by atoms with Crippen molar-refractivity contribution >= 4 is 17.3 Å². The molecule has 0 aliphatic rings. The summed E-state index contributed by atoms with van der Waals surface area (Å²) < 4.78 is 5.38. The molecule has 0 spiro atoms. The first-order valence-corrected chi connectivity index (χ1v) is 5.93. The molecule has 0 aliphatic carbocycles. The molecule has 2 rings (SSSR count). The molecule has 0 radical (unpaired) electrons. The van der Waals surface area contributed by atoms with E-state index in [0.717, 1.165) is 10.6 Å². The molecule has 1 atom stereocenters. The Kier molecular flexibility index (Phi) is 3.85. The molecule has 0 saturated heterocycles. The highest BCUT2D eigenvalue weighted by atomic mass is 32.1. The zero-order chi connectivity index (χ0) is 12.1. The lowest BCUT2D eigenvalue weighted by molar-refractivity contribution is -0.143. The third-order valence-electron chi connectivity index (χ3n) is 2.15. The number of thiazole rings is 1. The van der Waals surface area contributed by atoms with Gasteiger partial charge in [0.05, 0.1) is 0 Å². The molecule has 1 aromatic carbocycles. The molecule has 0 aliphatic heterocycles. The third-order valence-corrected chi connectivity index (χ3v) is 2.97. The summed E-state index contributed by atoms with van der Waals surface area (Å²) in [7, 11) is 0. The fraction of sp³-hybridized carbons (Fsp3) is 0.167. The number of hydrogen-bond donors (Lipinski definition) is 1. The number of carboxylic acids is 1. The predicted molar refractivity (Wildman–Crippen MR) is 64.0 cm³/mol. The Labute approximate surface area is 103 Å². The smallest absolute Gasteiger partial charge is 0.329 e. The van der Waals surface area contributed by atoms with Crippen LogP contribution in [0.1, 0.15) is 16.7 Å². The summed E-state index contributed by atoms with van der Waals surface area (Å²) in [5, 5.41) is 11.3. The van der Waals surface area contributed by atoms with E-state index in [1.54, 1.807) is 6.20 Å². The molecule has 1 N–H and O–H groups in total. The van der Waals surface area contributed by atoms with Crippen molar-refractivity contribution in [2.75, 3.05) is 6.61 Å². The van der Waals surface area contributed by atoms with Crippen molar-refractivity contribution in [2.24, 2.45) is 0 Å². The van der Waals surface area contributed by atoms with Gasteiger partial charge >= 0.3 is 5.97 Å². The van der Waals surface area contributed by atoms with Crippen LogP contribution in [0.25, 0.3) is 0 Å². The molecule has 1 unspecified atom stereocenters. The van der Waals surface area contributed by atoms with Crippen LogP contribution in [-0.4, -0.2) is 22.7 Å². The van der Waals surface area contributed by atoms with Crippen molar-refractivity contribution in [3.8, 4) is 0 Å². The van der Waals surface area contributed by atoms with E-state index in [2.05, 4.69) is 4.98 Å². The number of ether oxygens (including phenoxy) is 1. The number of aliphatic carboxylic acids is 1. The minimum atomic E-state index is -0.984. The maximum Gasteiger partial charge on any atom is 0.329 e. The third kappa shape index (κ3) is 3.12. The van der Waals surface area contributed by atoms with Crippen molar-refractivity contribution < 1.29 is 14.6 Å². The van der Waals surface area contributed by atoms with E-state index in [9.17, 15) is 4.79 Å². The molecule has 1 heterocycles. The summed E-state index contributed by atoms with van der Waals surface area (Å²) in [5.74, 6) is -0.984. The number of carbonyl (C=O) groups is 1. The summed E-state index contributed by atoms with van der Waals surface area (Å²) in [4.78, 5) is 14.7. The summed E-state index contributed by atoms with van der Waals surface area (Å²) in [6.07, 6.45) is 1.27. The Morgan fingerprint density at radius 1 is 1.41 bits per heavy atom. The Bertz CT molecular complexity index is 470. The second-order valence-corrected chi connectivity index (χ2v) is 4.29. The summed E-state index contributed by atoms with van der Waals surface area (Å²) >= 11 is 1.45. The van der Waals surface area contributed by atoms with Crippen LogP contribution in [0, 0.1) is 0 Å². The molecule has 88 valence electrons. The predicted octanol–water partition coefficient (Wildman–Crippen LogP) is 2.33. The number of carboxylic acid groups (broad SMARTS) is 1. The van der Waals surface area contributed by atoms with E-state index < -0.39 is 12.1 Å². The second kappa shape index (κ2) is 5.56. The highest BCUT2D eigenvalue weighted by Gasteiger charge is 2.18. The van der Waals surface area contributed by atoms with E-state index in [0.29, 0.717) is 0 Å². The van der Waals surface area contributed by atoms with Crippen molar-refractivity contribution in [1.29, 1.82) is 0 Å². The van der Waals surface area contributed by atoms with Crippen LogP contribution in [0.2, 0.25) is 0 Å². The monoisotopic (exact) mass is 249 g/mol. The number of nitrogens with zero attached hydrogens (tertiary/aromatic N) is 1. The molecule has 17 heavy (non-hydrogen) atoms. The highest BCUT2D eigenvalue weighted by Crippen LogP contribution is 2.27. The van der Waals surface area contributed by atoms with Gasteiger partial charge in [0.1, 0.15) is 17.7 Å². The van der Waals surface area contributed by atoms with Gasteiger partial charge in [0.2, 0.25) is 0 Å². The van der Waals surface area contributed by atoms with Gasteiger partial charge in [-0.15, -0.1) is 11.3 Å². The first-order valence-electron chi connectivity index (χ1n) is 5.05. The molecule has 5 heteroatoms. The number of benzene rings is 1. The molecule has 0 fully saturated rings. The minimum absolute atomic E-state index is 0.334. The number of rotatable bonds is 5. The molecule has 2 aromatic rings. The van der Waals surface area contributed by atoms with Crippen LogP contribution in [0.3, 0.4) is 0 Å². The van der Waals surface area contributed by atoms with Gasteiger partial charge in [-0.25, -0.2) is 9.78 Å². The topological polar surface area (TPSA) is 59.4 Å². The van der Waals surface area contributed by atoms with E-state index >= 15 is 0 Å². The average Bonchev–Trinajstić information content (AvgIpc) is 2.84. The van der Waals surface area contributed by atoms with Gasteiger partial charge in [-0.3, -0.25) is 0 Å². The summed E-state index contributed by atoms with van der Waals surface area (Å²) in [6, 6.07) is 9.47. The maximum absolute atomic E-state index is 10.6. The largest absolute Gasteiger partial charge is 0.480 e. The van der Waals surface area contributed by atoms with Gasteiger partial charge in [-0.1, -0.05) is 30.3 Å². The van der Waals surface area contributed by atoms with Crippen LogP contribution in [0.4, 0.5) is 0 Å². The Morgan fingerprint density at radius 3 is 2.76 bits per heavy atom. The summed E-state index contributed by atoms with van der Waals surface area (Å²) in [6.45, 7) is -0.334. The summed E-state index contributed by atoms with van der Waals surface area (Å²) in [5.41, 5.74) is 0.906. The van der Waals surface area contributed by atoms with Crippen molar-refractivity contribution in [3.63, 3.8) is 0 Å². The first kappa shape index (κ1) is 11.8. The zero-order valence-electron chi connectivity index (χ0n) is 8.95. The van der Waals surface area contributed by atoms with Crippen LogP contribution in [0.5, 0.6) is 0 Å². The van der Waals surface area contributed by atoms with Gasteiger partial charge in [0.25, 0.3) is 0 Å². The molecule has 0 bridgehead atoms. The van der Waals surface area contributed by atoms with Crippen LogP contribution in [-0.2, 0) is 9.53 Å². The molecule has 0 saturated carbocycles. The van der Waals surface area contributed by atoms with Gasteiger partial charge in [0, 0.05) is 11.6 Å². The maximum atomic E-state index is 10.6. The van der Waals surface area contributed by atoms with E-state index in [4.69, 9.17) is 9.84 Å². The van der Waals surface area contributed by atoms with E-state index in [1.165, 1.54) is 11.3 Å². The number of hydrogen-bond acceptors (Lipinski definition) is 4. The molecular weight excluding hydrogens is 238 g/mol. The van der Waals surface area contributed by atoms with Gasteiger partial charge in [-0.05, 0) is 5.56 Å². The molecular formula is C12H11NO3S. The zero-order valence-corrected chi connectivity index (χ0v) is 9.76. The number of aromatic nitrogens is 1. The van der Waals surface area contributed by atoms with Crippen molar-refractivity contribution in [2.45, 2.75) is 6.10 Å². The fourth-order valence-corrected chi connectivity index (χ4v) is 2.17. The van der Waals surface area contributed by atoms with Crippen molar-refractivity contribution in [1.82, 2.24) is 4.98 Å². The Balaban J connectivity index is 2.22. The lowest BCUT2D eigenvalue weighted by atomic mass is 10.1. The van der Waals surface area contributed by atoms with Crippen LogP contribution < -0.4 is 0 Å². The van der Waals surface area contributed by atoms with E-state index in [-0.39, 0.29) is 6.61 Å². The second-order valence-electron chi connectivity index (χ2n) is 3.37. The molecule has 4 nitrogen and oxygen atoms in total. The van der Waals surface area contributed by atoms with Crippen LogP contribution in [0.15, 0.2) is 41.9 Å². The van der Waals surface area contributed by atoms with Crippen molar-refractivity contribution in [3.05, 3.63) is 52.5 Å². The quantitative estimate of drug-likeness (QED) is 0.883. The van der Waals surface area contributed by atoms with Gasteiger partial charge < -0.3 is 9.84 Å². The Hall–Kier alpha value is -1.72. The van der Waals surface area contributed by atoms with Gasteiger partial charge in [0.15, 0.2) is 0 Å². The lowest BCUT2D eigenvalue weighted by Gasteiger charge is -2.14. The molecule has 1 aromatic heterocycles.